The maximum absolute atomic E-state index is 11.5. The summed E-state index contributed by atoms with van der Waals surface area (Å²) in [6, 6.07) is 0. The maximum Gasteiger partial charge on any atom is 0.411 e. The van der Waals surface area contributed by atoms with Crippen molar-refractivity contribution < 1.29 is 26.3 Å². The second kappa shape index (κ2) is 5.74. The fraction of sp³-hybridized carbons (Fsp3) is 1.00. The lowest BCUT2D eigenvalue weighted by Crippen LogP contribution is -2.29. The van der Waals surface area contributed by atoms with Crippen molar-refractivity contribution in [1.82, 2.24) is 4.72 Å². The van der Waals surface area contributed by atoms with Crippen LogP contribution in [-0.2, 0) is 14.8 Å². The minimum atomic E-state index is -4.40. The largest absolute Gasteiger partial charge is 0.411 e. The van der Waals surface area contributed by atoms with Crippen LogP contribution in [0.15, 0.2) is 0 Å². The van der Waals surface area contributed by atoms with Crippen LogP contribution in [0.2, 0.25) is 0 Å². The third-order valence-corrected chi connectivity index (χ3v) is 2.77. The monoisotopic (exact) mass is 255 g/mol. The van der Waals surface area contributed by atoms with Gasteiger partial charge in [-0.15, -0.1) is 11.6 Å². The molecule has 0 aromatic rings. The molecule has 9 heteroatoms. The zero-order valence-corrected chi connectivity index (χ0v) is 8.55. The van der Waals surface area contributed by atoms with E-state index in [9.17, 15) is 21.6 Å². The molecule has 0 saturated carbocycles. The van der Waals surface area contributed by atoms with Crippen LogP contribution in [0.25, 0.3) is 0 Å². The molecule has 0 aromatic carbocycles. The summed E-state index contributed by atoms with van der Waals surface area (Å²) in [5.41, 5.74) is 0. The van der Waals surface area contributed by atoms with Crippen molar-refractivity contribution in [3.8, 4) is 0 Å². The van der Waals surface area contributed by atoms with E-state index in [1.807, 2.05) is 4.72 Å². The van der Waals surface area contributed by atoms with Gasteiger partial charge in [0.05, 0.1) is 6.61 Å². The van der Waals surface area contributed by atoms with Gasteiger partial charge >= 0.3 is 6.18 Å². The fourth-order valence-corrected chi connectivity index (χ4v) is 1.20. The molecule has 0 radical (unpaired) electrons. The Balaban J connectivity index is 3.49. The number of sulfonamides is 1. The molecule has 0 bridgehead atoms. The van der Waals surface area contributed by atoms with Crippen molar-refractivity contribution in [3.63, 3.8) is 0 Å². The molecule has 0 rings (SSSR count). The lowest BCUT2D eigenvalue weighted by atomic mass is 10.7. The number of alkyl halides is 4. The van der Waals surface area contributed by atoms with Gasteiger partial charge in [0, 0.05) is 6.54 Å². The number of hydrogen-bond acceptors (Lipinski definition) is 3. The topological polar surface area (TPSA) is 55.4 Å². The molecule has 0 saturated heterocycles. The minimum absolute atomic E-state index is 0.231. The first kappa shape index (κ1) is 13.9. The summed E-state index contributed by atoms with van der Waals surface area (Å²) in [6.45, 7) is -1.98. The highest BCUT2D eigenvalue weighted by atomic mass is 35.5. The Hall–Kier alpha value is -0.0500. The number of hydrogen-bond donors (Lipinski definition) is 1. The van der Waals surface area contributed by atoms with Gasteiger partial charge < -0.3 is 4.74 Å². The summed E-state index contributed by atoms with van der Waals surface area (Å²) < 4.78 is 61.9. The van der Waals surface area contributed by atoms with E-state index < -0.39 is 28.0 Å². The van der Waals surface area contributed by atoms with Crippen LogP contribution < -0.4 is 4.72 Å². The third kappa shape index (κ3) is 8.54. The molecule has 0 aromatic heterocycles. The highest BCUT2D eigenvalue weighted by molar-refractivity contribution is 7.90. The first-order valence-corrected chi connectivity index (χ1v) is 5.63. The van der Waals surface area contributed by atoms with E-state index in [4.69, 9.17) is 11.6 Å². The second-order valence-corrected chi connectivity index (χ2v) is 4.68. The number of rotatable bonds is 6. The molecular weight excluding hydrogens is 247 g/mol. The van der Waals surface area contributed by atoms with Gasteiger partial charge in [0.2, 0.25) is 10.0 Å². The van der Waals surface area contributed by atoms with Crippen LogP contribution in [0.3, 0.4) is 0 Å². The predicted octanol–water partition coefficient (Wildman–Crippen LogP) is 0.681. The van der Waals surface area contributed by atoms with Crippen molar-refractivity contribution in [3.05, 3.63) is 0 Å². The molecule has 0 spiro atoms. The van der Waals surface area contributed by atoms with Crippen molar-refractivity contribution in [2.75, 3.05) is 25.0 Å². The van der Waals surface area contributed by atoms with Gasteiger partial charge in [0.15, 0.2) is 0 Å². The van der Waals surface area contributed by atoms with Crippen LogP contribution in [-0.4, -0.2) is 39.6 Å². The van der Waals surface area contributed by atoms with Crippen LogP contribution in [0.4, 0.5) is 13.2 Å². The molecular formula is C5H9ClF3NO3S. The lowest BCUT2D eigenvalue weighted by Gasteiger charge is -2.07. The summed E-state index contributed by atoms with van der Waals surface area (Å²) in [4.78, 5) is 0. The fourth-order valence-electron chi connectivity index (χ4n) is 0.496. The second-order valence-electron chi connectivity index (χ2n) is 2.29. The van der Waals surface area contributed by atoms with E-state index in [1.54, 1.807) is 0 Å². The molecule has 86 valence electrons. The molecule has 0 atom stereocenters. The number of halogens is 4. The molecule has 4 nitrogen and oxygen atoms in total. The predicted molar refractivity (Wildman–Crippen MR) is 44.5 cm³/mol. The molecule has 0 amide bonds. The van der Waals surface area contributed by atoms with Gasteiger partial charge in [-0.2, -0.15) is 13.2 Å². The standard InChI is InChI=1S/C5H9ClF3NO3S/c6-4-14(11,12)10-1-2-13-3-5(7,8)9/h10H,1-4H2. The van der Waals surface area contributed by atoms with Gasteiger partial charge in [0.1, 0.15) is 11.8 Å². The van der Waals surface area contributed by atoms with Gasteiger partial charge in [0.25, 0.3) is 0 Å². The molecule has 0 aliphatic carbocycles. The van der Waals surface area contributed by atoms with E-state index in [0.717, 1.165) is 0 Å². The Kier molecular flexibility index (Phi) is 5.72. The Labute approximate surface area is 84.4 Å². The summed E-state index contributed by atoms with van der Waals surface area (Å²) in [6.07, 6.45) is -4.40. The number of nitrogens with one attached hydrogen (secondary N) is 1. The van der Waals surface area contributed by atoms with Crippen molar-refractivity contribution in [1.29, 1.82) is 0 Å². The van der Waals surface area contributed by atoms with Crippen LogP contribution in [0.5, 0.6) is 0 Å². The highest BCUT2D eigenvalue weighted by Crippen LogP contribution is 2.13. The van der Waals surface area contributed by atoms with Crippen molar-refractivity contribution in [2.24, 2.45) is 0 Å². The van der Waals surface area contributed by atoms with Crippen LogP contribution >= 0.6 is 11.6 Å². The average molecular weight is 256 g/mol. The van der Waals surface area contributed by atoms with Gasteiger partial charge in [-0.25, -0.2) is 13.1 Å². The normalized spacial score (nSPS) is 13.1. The average Bonchev–Trinajstić information content (AvgIpc) is 2.01. The smallest absolute Gasteiger partial charge is 0.371 e. The van der Waals surface area contributed by atoms with Crippen molar-refractivity contribution in [2.45, 2.75) is 6.18 Å². The molecule has 0 unspecified atom stereocenters. The maximum atomic E-state index is 11.5. The van der Waals surface area contributed by atoms with E-state index in [1.165, 1.54) is 0 Å². The molecule has 0 aliphatic heterocycles. The van der Waals surface area contributed by atoms with E-state index in [-0.39, 0.29) is 13.2 Å². The van der Waals surface area contributed by atoms with E-state index >= 15 is 0 Å². The summed E-state index contributed by atoms with van der Waals surface area (Å²) in [5.74, 6) is 0. The van der Waals surface area contributed by atoms with Crippen LogP contribution in [0, 0.1) is 0 Å². The summed E-state index contributed by atoms with van der Waals surface area (Å²) in [7, 11) is -3.58. The molecule has 14 heavy (non-hydrogen) atoms. The molecule has 0 aliphatic rings. The Morgan fingerprint density at radius 1 is 1.36 bits per heavy atom. The first-order chi connectivity index (χ1) is 6.27. The van der Waals surface area contributed by atoms with Gasteiger partial charge in [-0.1, -0.05) is 0 Å². The Bertz CT molecular complexity index is 253. The molecule has 1 N–H and O–H groups in total. The number of ether oxygens (including phenoxy) is 1. The zero-order valence-electron chi connectivity index (χ0n) is 6.97. The van der Waals surface area contributed by atoms with Crippen LogP contribution in [0.1, 0.15) is 0 Å². The SMILES string of the molecule is O=S(=O)(CCl)NCCOCC(F)(F)F. The minimum Gasteiger partial charge on any atom is -0.371 e. The van der Waals surface area contributed by atoms with Gasteiger partial charge in [-0.05, 0) is 0 Å². The summed E-state index contributed by atoms with van der Waals surface area (Å²) >= 11 is 5.01. The lowest BCUT2D eigenvalue weighted by molar-refractivity contribution is -0.173. The Morgan fingerprint density at radius 3 is 2.36 bits per heavy atom. The molecule has 0 heterocycles. The molecule has 0 fully saturated rings. The third-order valence-electron chi connectivity index (χ3n) is 0.978. The first-order valence-electron chi connectivity index (χ1n) is 3.44. The van der Waals surface area contributed by atoms with E-state index in [0.29, 0.717) is 0 Å². The van der Waals surface area contributed by atoms with Crippen molar-refractivity contribution >= 4 is 21.6 Å². The van der Waals surface area contributed by atoms with E-state index in [2.05, 4.69) is 4.74 Å². The highest BCUT2D eigenvalue weighted by Gasteiger charge is 2.27. The van der Waals surface area contributed by atoms with Gasteiger partial charge in [-0.3, -0.25) is 0 Å². The zero-order chi connectivity index (χ0) is 11.2. The quantitative estimate of drug-likeness (QED) is 0.561. The Morgan fingerprint density at radius 2 is 1.93 bits per heavy atom. The summed E-state index contributed by atoms with van der Waals surface area (Å²) in [5, 5.41) is -0.633.